The van der Waals surface area contributed by atoms with Crippen molar-refractivity contribution in [3.8, 4) is 5.75 Å². The predicted octanol–water partition coefficient (Wildman–Crippen LogP) is 3.29. The molecule has 0 spiro atoms. The maximum atomic E-state index is 13.2. The van der Waals surface area contributed by atoms with Crippen LogP contribution in [-0.4, -0.2) is 54.7 Å². The number of pyridine rings is 1. The van der Waals surface area contributed by atoms with Gasteiger partial charge in [0.25, 0.3) is 5.91 Å². The van der Waals surface area contributed by atoms with E-state index in [1.54, 1.807) is 12.2 Å². The summed E-state index contributed by atoms with van der Waals surface area (Å²) in [5, 5.41) is 5.61. The molecule has 1 aliphatic rings. The molecule has 1 aromatic carbocycles. The largest absolute Gasteiger partial charge is 0.490 e. The van der Waals surface area contributed by atoms with E-state index in [4.69, 9.17) is 21.1 Å². The van der Waals surface area contributed by atoms with Gasteiger partial charge in [-0.2, -0.15) is 0 Å². The SMILES string of the molecule is C=CCOc1cccc(C[C@H](NC(=O)c2cc(Cl)nc(N(CC=C)C(C)=O)c2)C2CNC(=O)O2)c1. The fraction of sp³-hybridized carbons (Fsp3) is 0.280. The second-order valence-corrected chi connectivity index (χ2v) is 8.20. The van der Waals surface area contributed by atoms with Crippen LogP contribution in [0.3, 0.4) is 0 Å². The molecular weight excluding hydrogens is 472 g/mol. The number of aromatic nitrogens is 1. The van der Waals surface area contributed by atoms with Crippen LogP contribution < -0.4 is 20.3 Å². The van der Waals surface area contributed by atoms with Gasteiger partial charge >= 0.3 is 6.09 Å². The van der Waals surface area contributed by atoms with Gasteiger partial charge < -0.3 is 20.1 Å². The minimum Gasteiger partial charge on any atom is -0.490 e. The van der Waals surface area contributed by atoms with Gasteiger partial charge in [-0.3, -0.25) is 14.5 Å². The normalized spacial score (nSPS) is 15.4. The van der Waals surface area contributed by atoms with Crippen LogP contribution in [0.4, 0.5) is 10.6 Å². The lowest BCUT2D eigenvalue weighted by Crippen LogP contribution is -2.46. The molecule has 9 nitrogen and oxygen atoms in total. The molecule has 184 valence electrons. The first-order chi connectivity index (χ1) is 16.8. The Morgan fingerprint density at radius 3 is 2.80 bits per heavy atom. The fourth-order valence-corrected chi connectivity index (χ4v) is 3.80. The highest BCUT2D eigenvalue weighted by molar-refractivity contribution is 6.30. The second kappa shape index (κ2) is 12.0. The summed E-state index contributed by atoms with van der Waals surface area (Å²) in [6.07, 6.45) is 2.44. The monoisotopic (exact) mass is 498 g/mol. The van der Waals surface area contributed by atoms with Gasteiger partial charge in [0.15, 0.2) is 0 Å². The van der Waals surface area contributed by atoms with Gasteiger partial charge in [0.1, 0.15) is 29.4 Å². The lowest BCUT2D eigenvalue weighted by molar-refractivity contribution is -0.116. The fourth-order valence-electron chi connectivity index (χ4n) is 3.59. The number of carbonyl (C=O) groups is 3. The Morgan fingerprint density at radius 1 is 1.34 bits per heavy atom. The Hall–Kier alpha value is -3.85. The maximum Gasteiger partial charge on any atom is 0.407 e. The Bertz CT molecular complexity index is 1120. The third-order valence-electron chi connectivity index (χ3n) is 5.20. The zero-order chi connectivity index (χ0) is 25.4. The second-order valence-electron chi connectivity index (χ2n) is 7.81. The van der Waals surface area contributed by atoms with Crippen LogP contribution in [0.5, 0.6) is 5.75 Å². The summed E-state index contributed by atoms with van der Waals surface area (Å²) in [4.78, 5) is 42.5. The number of benzene rings is 1. The first kappa shape index (κ1) is 25.8. The summed E-state index contributed by atoms with van der Waals surface area (Å²) in [6, 6.07) is 9.75. The smallest absolute Gasteiger partial charge is 0.407 e. The highest BCUT2D eigenvalue weighted by Gasteiger charge is 2.32. The van der Waals surface area contributed by atoms with Gasteiger partial charge in [-0.05, 0) is 36.2 Å². The van der Waals surface area contributed by atoms with Crippen LogP contribution in [0.2, 0.25) is 5.15 Å². The molecule has 0 saturated carbocycles. The van der Waals surface area contributed by atoms with Crippen molar-refractivity contribution < 1.29 is 23.9 Å². The number of alkyl carbamates (subject to hydrolysis) is 1. The number of nitrogens with zero attached hydrogens (tertiary/aromatic N) is 2. The van der Waals surface area contributed by atoms with E-state index < -0.39 is 24.1 Å². The minimum absolute atomic E-state index is 0.0561. The number of anilines is 1. The van der Waals surface area contributed by atoms with Gasteiger partial charge in [0.05, 0.1) is 12.6 Å². The van der Waals surface area contributed by atoms with Crippen molar-refractivity contribution in [3.63, 3.8) is 0 Å². The lowest BCUT2D eigenvalue weighted by atomic mass is 10.0. The summed E-state index contributed by atoms with van der Waals surface area (Å²) < 4.78 is 11.0. The molecule has 1 aliphatic heterocycles. The van der Waals surface area contributed by atoms with Crippen LogP contribution in [0.15, 0.2) is 61.7 Å². The van der Waals surface area contributed by atoms with Crippen LogP contribution in [-0.2, 0) is 16.0 Å². The quantitative estimate of drug-likeness (QED) is 0.363. The summed E-state index contributed by atoms with van der Waals surface area (Å²) >= 11 is 6.16. The van der Waals surface area contributed by atoms with E-state index in [9.17, 15) is 14.4 Å². The van der Waals surface area contributed by atoms with Crippen LogP contribution in [0.1, 0.15) is 22.8 Å². The van der Waals surface area contributed by atoms with E-state index in [1.807, 2.05) is 24.3 Å². The summed E-state index contributed by atoms with van der Waals surface area (Å²) in [7, 11) is 0. The Balaban J connectivity index is 1.84. The Kier molecular flexibility index (Phi) is 8.86. The molecule has 1 aromatic heterocycles. The average molecular weight is 499 g/mol. The highest BCUT2D eigenvalue weighted by Crippen LogP contribution is 2.21. The first-order valence-corrected chi connectivity index (χ1v) is 11.3. The van der Waals surface area contributed by atoms with Crippen molar-refractivity contribution >= 4 is 35.3 Å². The molecule has 0 bridgehead atoms. The molecule has 0 aliphatic carbocycles. The van der Waals surface area contributed by atoms with Gasteiger partial charge in [-0.25, -0.2) is 9.78 Å². The topological polar surface area (TPSA) is 110 Å². The van der Waals surface area contributed by atoms with E-state index in [0.29, 0.717) is 18.8 Å². The third kappa shape index (κ3) is 7.07. The molecule has 10 heteroatoms. The Morgan fingerprint density at radius 2 is 2.14 bits per heavy atom. The highest BCUT2D eigenvalue weighted by atomic mass is 35.5. The maximum absolute atomic E-state index is 13.2. The standard InChI is InChI=1S/C25H27ClN4O5/c1-4-9-30(16(3)31)23-14-18(13-22(26)29-23)24(32)28-20(21-15-27-25(33)35-21)12-17-7-6-8-19(11-17)34-10-5-2/h4-8,11,13-14,20-21H,1-2,9-10,12,15H2,3H3,(H,27,33)(H,28,32)/t20-,21?/m0/s1. The van der Waals surface area contributed by atoms with Gasteiger partial charge in [0.2, 0.25) is 5.91 Å². The molecule has 3 amide bonds. The van der Waals surface area contributed by atoms with Gasteiger partial charge in [-0.1, -0.05) is 42.5 Å². The van der Waals surface area contributed by atoms with Crippen molar-refractivity contribution in [2.45, 2.75) is 25.5 Å². The molecule has 2 N–H and O–H groups in total. The van der Waals surface area contributed by atoms with Crippen molar-refractivity contribution in [2.75, 3.05) is 24.6 Å². The average Bonchev–Trinajstić information content (AvgIpc) is 3.26. The summed E-state index contributed by atoms with van der Waals surface area (Å²) in [5.74, 6) is 0.162. The third-order valence-corrected chi connectivity index (χ3v) is 5.40. The van der Waals surface area contributed by atoms with E-state index >= 15 is 0 Å². The molecular formula is C25H27ClN4O5. The molecule has 2 heterocycles. The number of hydrogen-bond acceptors (Lipinski definition) is 6. The number of hydrogen-bond donors (Lipinski definition) is 2. The number of amides is 3. The van der Waals surface area contributed by atoms with E-state index in [2.05, 4.69) is 28.8 Å². The van der Waals surface area contributed by atoms with Crippen LogP contribution in [0.25, 0.3) is 0 Å². The zero-order valence-electron chi connectivity index (χ0n) is 19.3. The van der Waals surface area contributed by atoms with Crippen molar-refractivity contribution in [1.29, 1.82) is 0 Å². The number of halogens is 1. The van der Waals surface area contributed by atoms with Gasteiger partial charge in [-0.15, -0.1) is 6.58 Å². The van der Waals surface area contributed by atoms with Crippen molar-refractivity contribution in [1.82, 2.24) is 15.6 Å². The van der Waals surface area contributed by atoms with E-state index in [0.717, 1.165) is 5.56 Å². The number of cyclic esters (lactones) is 1. The number of nitrogens with one attached hydrogen (secondary N) is 2. The van der Waals surface area contributed by atoms with Gasteiger partial charge in [0, 0.05) is 19.0 Å². The summed E-state index contributed by atoms with van der Waals surface area (Å²) in [5.41, 5.74) is 1.09. The summed E-state index contributed by atoms with van der Waals surface area (Å²) in [6.45, 7) is 9.49. The number of rotatable bonds is 11. The van der Waals surface area contributed by atoms with Crippen molar-refractivity contribution in [2.24, 2.45) is 0 Å². The van der Waals surface area contributed by atoms with Crippen molar-refractivity contribution in [3.05, 3.63) is 78.0 Å². The van der Waals surface area contributed by atoms with E-state index in [1.165, 1.54) is 24.0 Å². The predicted molar refractivity (Wildman–Crippen MR) is 133 cm³/mol. The molecule has 1 saturated heterocycles. The molecule has 2 atom stereocenters. The van der Waals surface area contributed by atoms with Crippen LogP contribution in [0, 0.1) is 0 Å². The lowest BCUT2D eigenvalue weighted by Gasteiger charge is -2.24. The molecule has 1 fully saturated rings. The number of ether oxygens (including phenoxy) is 2. The molecule has 0 radical (unpaired) electrons. The Labute approximate surface area is 208 Å². The molecule has 35 heavy (non-hydrogen) atoms. The number of carbonyl (C=O) groups excluding carboxylic acids is 3. The van der Waals surface area contributed by atoms with Crippen LogP contribution >= 0.6 is 11.6 Å². The van der Waals surface area contributed by atoms with E-state index in [-0.39, 0.29) is 35.5 Å². The first-order valence-electron chi connectivity index (χ1n) is 10.9. The molecule has 1 unspecified atom stereocenters. The zero-order valence-corrected chi connectivity index (χ0v) is 20.1. The molecule has 2 aromatic rings. The minimum atomic E-state index is -0.588. The molecule has 3 rings (SSSR count).